The van der Waals surface area contributed by atoms with Crippen LogP contribution in [0.5, 0.6) is 0 Å². The van der Waals surface area contributed by atoms with E-state index in [9.17, 15) is 14.4 Å². The quantitative estimate of drug-likeness (QED) is 0.466. The number of benzene rings is 1. The first-order valence-corrected chi connectivity index (χ1v) is 12.9. The lowest BCUT2D eigenvalue weighted by atomic mass is 9.97. The molecular formula is C26H32ClN3O6. The Balaban J connectivity index is 1.38. The van der Waals surface area contributed by atoms with Crippen LogP contribution in [0.3, 0.4) is 0 Å². The van der Waals surface area contributed by atoms with Crippen LogP contribution in [0.15, 0.2) is 34.9 Å². The Bertz CT molecular complexity index is 1060. The number of rotatable bonds is 9. The van der Waals surface area contributed by atoms with Crippen LogP contribution in [0.25, 0.3) is 11.3 Å². The molecular weight excluding hydrogens is 486 g/mol. The Morgan fingerprint density at radius 2 is 1.97 bits per heavy atom. The van der Waals surface area contributed by atoms with Gasteiger partial charge in [-0.05, 0) is 44.7 Å². The molecule has 0 radical (unpaired) electrons. The first-order valence-electron chi connectivity index (χ1n) is 12.5. The van der Waals surface area contributed by atoms with Crippen molar-refractivity contribution in [2.75, 3.05) is 39.4 Å². The van der Waals surface area contributed by atoms with Crippen LogP contribution in [0.2, 0.25) is 5.02 Å². The molecule has 2 saturated heterocycles. The molecule has 1 aromatic carbocycles. The van der Waals surface area contributed by atoms with Crippen LogP contribution < -0.4 is 0 Å². The van der Waals surface area contributed by atoms with E-state index >= 15 is 0 Å². The van der Waals surface area contributed by atoms with Crippen LogP contribution in [0.1, 0.15) is 49.5 Å². The number of halogens is 1. The highest BCUT2D eigenvalue weighted by Crippen LogP contribution is 2.28. The van der Waals surface area contributed by atoms with Crippen molar-refractivity contribution in [2.45, 2.75) is 45.1 Å². The van der Waals surface area contributed by atoms with Gasteiger partial charge in [0.15, 0.2) is 11.5 Å². The van der Waals surface area contributed by atoms with E-state index in [1.807, 2.05) is 12.1 Å². The molecule has 0 bridgehead atoms. The molecule has 3 heterocycles. The van der Waals surface area contributed by atoms with E-state index in [4.69, 9.17) is 25.6 Å². The first kappa shape index (κ1) is 26.2. The molecule has 2 fully saturated rings. The zero-order chi connectivity index (χ0) is 25.5. The molecule has 194 valence electrons. The van der Waals surface area contributed by atoms with Gasteiger partial charge in [-0.15, -0.1) is 0 Å². The van der Waals surface area contributed by atoms with E-state index < -0.39 is 0 Å². The molecule has 10 heteroatoms. The number of hydrogen-bond donors (Lipinski definition) is 0. The van der Waals surface area contributed by atoms with E-state index in [0.29, 0.717) is 62.0 Å². The van der Waals surface area contributed by atoms with Gasteiger partial charge in [-0.1, -0.05) is 28.9 Å². The topological polar surface area (TPSA) is 102 Å². The van der Waals surface area contributed by atoms with Crippen molar-refractivity contribution in [1.82, 2.24) is 15.0 Å². The molecule has 0 N–H and O–H groups in total. The highest BCUT2D eigenvalue weighted by Gasteiger charge is 2.30. The number of carbonyl (C=O) groups is 3. The summed E-state index contributed by atoms with van der Waals surface area (Å²) >= 11 is 6.26. The first-order chi connectivity index (χ1) is 17.5. The fourth-order valence-electron chi connectivity index (χ4n) is 4.65. The number of amides is 2. The van der Waals surface area contributed by atoms with Gasteiger partial charge in [0.2, 0.25) is 5.91 Å². The molecule has 4 rings (SSSR count). The van der Waals surface area contributed by atoms with Crippen molar-refractivity contribution in [3.8, 4) is 11.3 Å². The Hall–Kier alpha value is -2.91. The lowest BCUT2D eigenvalue weighted by Gasteiger charge is -2.32. The number of nitrogens with zero attached hydrogens (tertiary/aromatic N) is 3. The summed E-state index contributed by atoms with van der Waals surface area (Å²) in [5.74, 6) is -0.310. The van der Waals surface area contributed by atoms with E-state index in [-0.39, 0.29) is 48.5 Å². The average molecular weight is 518 g/mol. The number of aromatic nitrogens is 1. The molecule has 0 spiro atoms. The number of hydrogen-bond acceptors (Lipinski definition) is 7. The van der Waals surface area contributed by atoms with Gasteiger partial charge in [0.25, 0.3) is 5.91 Å². The summed E-state index contributed by atoms with van der Waals surface area (Å²) in [5.41, 5.74) is 0.809. The summed E-state index contributed by atoms with van der Waals surface area (Å²) in [4.78, 5) is 41.6. The predicted molar refractivity (Wildman–Crippen MR) is 132 cm³/mol. The maximum absolute atomic E-state index is 13.4. The summed E-state index contributed by atoms with van der Waals surface area (Å²) in [6, 6.07) is 8.76. The third kappa shape index (κ3) is 6.44. The molecule has 9 nitrogen and oxygen atoms in total. The molecule has 2 aliphatic rings. The van der Waals surface area contributed by atoms with Gasteiger partial charge in [-0.3, -0.25) is 14.4 Å². The van der Waals surface area contributed by atoms with Crippen molar-refractivity contribution >= 4 is 29.4 Å². The lowest BCUT2D eigenvalue weighted by Crippen LogP contribution is -2.43. The molecule has 2 aromatic rings. The summed E-state index contributed by atoms with van der Waals surface area (Å²) in [6.45, 7) is 4.45. The van der Waals surface area contributed by atoms with Gasteiger partial charge in [0, 0.05) is 50.8 Å². The minimum absolute atomic E-state index is 0.0423. The fourth-order valence-corrected chi connectivity index (χ4v) is 4.88. The standard InChI is InChI=1S/C26H32ClN3O6/c1-2-34-26(33)18-9-12-29(13-10-18)24(31)11-14-30(17-19-6-5-15-35-19)25(32)22-16-23(36-28-22)20-7-3-4-8-21(20)27/h3-4,7-8,16,18-19H,2,5-6,9-15,17H2,1H3/t19-/m1/s1. The van der Waals surface area contributed by atoms with Gasteiger partial charge in [-0.2, -0.15) is 0 Å². The third-order valence-electron chi connectivity index (χ3n) is 6.67. The van der Waals surface area contributed by atoms with E-state index in [1.54, 1.807) is 34.9 Å². The highest BCUT2D eigenvalue weighted by molar-refractivity contribution is 6.33. The molecule has 1 aromatic heterocycles. The van der Waals surface area contributed by atoms with Crippen LogP contribution in [0.4, 0.5) is 0 Å². The summed E-state index contributed by atoms with van der Waals surface area (Å²) in [6.07, 6.45) is 3.10. The van der Waals surface area contributed by atoms with Crippen molar-refractivity contribution in [1.29, 1.82) is 0 Å². The Kier molecular flexibility index (Phi) is 8.98. The zero-order valence-electron chi connectivity index (χ0n) is 20.5. The largest absolute Gasteiger partial charge is 0.466 e. The molecule has 0 aliphatic carbocycles. The van der Waals surface area contributed by atoms with E-state index in [0.717, 1.165) is 12.8 Å². The highest BCUT2D eigenvalue weighted by atomic mass is 35.5. The smallest absolute Gasteiger partial charge is 0.309 e. The van der Waals surface area contributed by atoms with Crippen molar-refractivity contribution in [2.24, 2.45) is 5.92 Å². The van der Waals surface area contributed by atoms with E-state index in [1.165, 1.54) is 0 Å². The number of ether oxygens (including phenoxy) is 2. The average Bonchev–Trinajstić information content (AvgIpc) is 3.59. The number of piperidine rings is 1. The second-order valence-electron chi connectivity index (χ2n) is 9.10. The summed E-state index contributed by atoms with van der Waals surface area (Å²) in [7, 11) is 0. The van der Waals surface area contributed by atoms with Gasteiger partial charge in [0.1, 0.15) is 0 Å². The van der Waals surface area contributed by atoms with Crippen LogP contribution in [-0.2, 0) is 19.1 Å². The maximum Gasteiger partial charge on any atom is 0.309 e. The van der Waals surface area contributed by atoms with Crippen molar-refractivity contribution in [3.63, 3.8) is 0 Å². The molecule has 2 aliphatic heterocycles. The van der Waals surface area contributed by atoms with Gasteiger partial charge in [-0.25, -0.2) is 0 Å². The summed E-state index contributed by atoms with van der Waals surface area (Å²) < 4.78 is 16.3. The molecule has 0 unspecified atom stereocenters. The fraction of sp³-hybridized carbons (Fsp3) is 0.538. The van der Waals surface area contributed by atoms with Gasteiger partial charge in [0.05, 0.1) is 23.7 Å². The minimum atomic E-state index is -0.318. The molecule has 36 heavy (non-hydrogen) atoms. The SMILES string of the molecule is CCOC(=O)C1CCN(C(=O)CCN(C[C@H]2CCCO2)C(=O)c2cc(-c3ccccc3Cl)on2)CC1. The Morgan fingerprint density at radius 1 is 1.19 bits per heavy atom. The van der Waals surface area contributed by atoms with Crippen LogP contribution >= 0.6 is 11.6 Å². The number of likely N-dealkylation sites (tertiary alicyclic amines) is 1. The second-order valence-corrected chi connectivity index (χ2v) is 9.51. The molecule has 0 saturated carbocycles. The van der Waals surface area contributed by atoms with Gasteiger partial charge < -0.3 is 23.8 Å². The number of esters is 1. The van der Waals surface area contributed by atoms with E-state index in [2.05, 4.69) is 5.16 Å². The molecule has 1 atom stereocenters. The zero-order valence-corrected chi connectivity index (χ0v) is 21.2. The Labute approximate surface area is 215 Å². The third-order valence-corrected chi connectivity index (χ3v) is 7.00. The van der Waals surface area contributed by atoms with Crippen molar-refractivity contribution < 1.29 is 28.4 Å². The maximum atomic E-state index is 13.4. The second kappa shape index (κ2) is 12.4. The lowest BCUT2D eigenvalue weighted by molar-refractivity contribution is -0.151. The molecule has 2 amide bonds. The summed E-state index contributed by atoms with van der Waals surface area (Å²) in [5, 5.41) is 4.48. The van der Waals surface area contributed by atoms with Gasteiger partial charge >= 0.3 is 5.97 Å². The monoisotopic (exact) mass is 517 g/mol. The Morgan fingerprint density at radius 3 is 2.67 bits per heavy atom. The van der Waals surface area contributed by atoms with Crippen LogP contribution in [-0.4, -0.2) is 78.2 Å². The van der Waals surface area contributed by atoms with Crippen LogP contribution in [0, 0.1) is 5.92 Å². The number of carbonyl (C=O) groups excluding carboxylic acids is 3. The predicted octanol–water partition coefficient (Wildman–Crippen LogP) is 3.81. The minimum Gasteiger partial charge on any atom is -0.466 e. The van der Waals surface area contributed by atoms with Crippen molar-refractivity contribution in [3.05, 3.63) is 41.0 Å². The normalized spacial score (nSPS) is 18.3.